The molecule has 25 heavy (non-hydrogen) atoms. The maximum absolute atomic E-state index is 12.6. The number of amides is 1. The van der Waals surface area contributed by atoms with Gasteiger partial charge >= 0.3 is 0 Å². The second-order valence-electron chi connectivity index (χ2n) is 7.37. The second-order valence-corrected chi connectivity index (χ2v) is 8.92. The Hall–Kier alpha value is -1.64. The Labute approximate surface area is 149 Å². The summed E-state index contributed by atoms with van der Waals surface area (Å²) < 4.78 is 29.3. The monoisotopic (exact) mass is 369 g/mol. The van der Waals surface area contributed by atoms with E-state index < -0.39 is 10.2 Å². The summed E-state index contributed by atoms with van der Waals surface area (Å²) in [5.41, 5.74) is 1.67. The smallest absolute Gasteiger partial charge is 0.276 e. The first kappa shape index (κ1) is 19.7. The van der Waals surface area contributed by atoms with E-state index in [1.165, 1.54) is 4.31 Å². The van der Waals surface area contributed by atoms with Crippen LogP contribution in [0, 0.1) is 5.92 Å². The maximum atomic E-state index is 12.6. The van der Waals surface area contributed by atoms with Crippen molar-refractivity contribution >= 4 is 21.8 Å². The van der Waals surface area contributed by atoms with E-state index >= 15 is 0 Å². The van der Waals surface area contributed by atoms with Gasteiger partial charge in [0.25, 0.3) is 10.2 Å². The van der Waals surface area contributed by atoms with Crippen molar-refractivity contribution in [3.8, 4) is 5.75 Å². The van der Waals surface area contributed by atoms with Crippen LogP contribution in [-0.4, -0.2) is 38.8 Å². The number of nitrogens with one attached hydrogen (secondary N) is 1. The number of methoxy groups -OCH3 is 1. The van der Waals surface area contributed by atoms with Crippen LogP contribution >= 0.6 is 0 Å². The molecule has 1 aromatic carbocycles. The first-order valence-corrected chi connectivity index (χ1v) is 9.80. The van der Waals surface area contributed by atoms with Crippen molar-refractivity contribution in [3.63, 3.8) is 0 Å². The molecule has 0 bridgehead atoms. The molecule has 7 nitrogen and oxygen atoms in total. The van der Waals surface area contributed by atoms with Gasteiger partial charge in [-0.15, -0.1) is 0 Å². The van der Waals surface area contributed by atoms with Crippen molar-refractivity contribution in [2.45, 2.75) is 39.0 Å². The third-order valence-electron chi connectivity index (χ3n) is 4.51. The minimum Gasteiger partial charge on any atom is -0.495 e. The normalized spacial score (nSPS) is 17.3. The third kappa shape index (κ3) is 4.93. The van der Waals surface area contributed by atoms with E-state index in [-0.39, 0.29) is 30.3 Å². The van der Waals surface area contributed by atoms with Crippen LogP contribution in [0.15, 0.2) is 18.2 Å². The number of anilines is 1. The minimum atomic E-state index is -3.68. The molecule has 1 fully saturated rings. The molecule has 0 unspecified atom stereocenters. The lowest BCUT2D eigenvalue weighted by Gasteiger charge is -2.29. The molecule has 1 aliphatic rings. The SMILES string of the molecule is COc1ccc(C(C)(C)C)cc1NC(=O)C1CCN(S(N)(=O)=O)CC1. The summed E-state index contributed by atoms with van der Waals surface area (Å²) in [6.45, 7) is 6.82. The lowest BCUT2D eigenvalue weighted by atomic mass is 9.86. The fourth-order valence-corrected chi connectivity index (χ4v) is 3.60. The van der Waals surface area contributed by atoms with Gasteiger partial charge in [0.15, 0.2) is 0 Å². The number of rotatable bonds is 4. The average molecular weight is 369 g/mol. The Kier molecular flexibility index (Phi) is 5.75. The molecule has 0 spiro atoms. The molecule has 1 aliphatic heterocycles. The largest absolute Gasteiger partial charge is 0.495 e. The van der Waals surface area contributed by atoms with Crippen LogP contribution in [0.1, 0.15) is 39.2 Å². The third-order valence-corrected chi connectivity index (χ3v) is 5.59. The molecule has 1 heterocycles. The molecule has 0 aromatic heterocycles. The number of nitrogens with zero attached hydrogens (tertiary/aromatic N) is 1. The first-order chi connectivity index (χ1) is 11.5. The summed E-state index contributed by atoms with van der Waals surface area (Å²) in [5.74, 6) is 0.225. The summed E-state index contributed by atoms with van der Waals surface area (Å²) >= 11 is 0. The molecule has 0 saturated carbocycles. The molecule has 0 atom stereocenters. The average Bonchev–Trinajstić information content (AvgIpc) is 2.53. The van der Waals surface area contributed by atoms with Crippen LogP contribution in [0.3, 0.4) is 0 Å². The van der Waals surface area contributed by atoms with E-state index in [0.29, 0.717) is 24.3 Å². The van der Waals surface area contributed by atoms with Crippen LogP contribution in [0.25, 0.3) is 0 Å². The highest BCUT2D eigenvalue weighted by molar-refractivity contribution is 7.86. The Balaban J connectivity index is 2.10. The van der Waals surface area contributed by atoms with Gasteiger partial charge in [-0.1, -0.05) is 26.8 Å². The van der Waals surface area contributed by atoms with Gasteiger partial charge in [-0.3, -0.25) is 4.79 Å². The zero-order valence-electron chi connectivity index (χ0n) is 15.2. The van der Waals surface area contributed by atoms with Crippen molar-refractivity contribution < 1.29 is 17.9 Å². The predicted octanol–water partition coefficient (Wildman–Crippen LogP) is 1.85. The summed E-state index contributed by atoms with van der Waals surface area (Å²) in [5, 5.41) is 8.07. The minimum absolute atomic E-state index is 0.0490. The van der Waals surface area contributed by atoms with Crippen molar-refractivity contribution in [2.24, 2.45) is 11.1 Å². The van der Waals surface area contributed by atoms with Gasteiger partial charge in [0.05, 0.1) is 12.8 Å². The van der Waals surface area contributed by atoms with Gasteiger partial charge in [-0.05, 0) is 36.0 Å². The van der Waals surface area contributed by atoms with E-state index in [0.717, 1.165) is 5.56 Å². The Bertz CT molecular complexity index is 733. The van der Waals surface area contributed by atoms with E-state index in [1.807, 2.05) is 18.2 Å². The molecule has 1 aromatic rings. The van der Waals surface area contributed by atoms with E-state index in [4.69, 9.17) is 9.88 Å². The van der Waals surface area contributed by atoms with Gasteiger partial charge in [0, 0.05) is 19.0 Å². The standard InChI is InChI=1S/C17H27N3O4S/c1-17(2,3)13-5-6-15(24-4)14(11-13)19-16(21)12-7-9-20(10-8-12)25(18,22)23/h5-6,11-12H,7-10H2,1-4H3,(H,19,21)(H2,18,22,23). The van der Waals surface area contributed by atoms with Crippen molar-refractivity contribution in [1.82, 2.24) is 4.31 Å². The predicted molar refractivity (Wildman–Crippen MR) is 97.7 cm³/mol. The van der Waals surface area contributed by atoms with Gasteiger partial charge < -0.3 is 10.1 Å². The van der Waals surface area contributed by atoms with Crippen LogP contribution in [-0.2, 0) is 20.4 Å². The Morgan fingerprint density at radius 1 is 1.28 bits per heavy atom. The zero-order chi connectivity index (χ0) is 18.8. The van der Waals surface area contributed by atoms with E-state index in [2.05, 4.69) is 26.1 Å². The highest BCUT2D eigenvalue weighted by Gasteiger charge is 2.29. The van der Waals surface area contributed by atoms with Crippen LogP contribution in [0.2, 0.25) is 0 Å². The van der Waals surface area contributed by atoms with Gasteiger partial charge in [0.2, 0.25) is 5.91 Å². The Morgan fingerprint density at radius 2 is 1.88 bits per heavy atom. The summed E-state index contributed by atoms with van der Waals surface area (Å²) in [7, 11) is -2.12. The van der Waals surface area contributed by atoms with Gasteiger partial charge in [-0.2, -0.15) is 12.7 Å². The number of nitrogens with two attached hydrogens (primary N) is 1. The highest BCUT2D eigenvalue weighted by Crippen LogP contribution is 2.32. The summed E-state index contributed by atoms with van der Waals surface area (Å²) in [4.78, 5) is 12.6. The van der Waals surface area contributed by atoms with Crippen LogP contribution < -0.4 is 15.2 Å². The highest BCUT2D eigenvalue weighted by atomic mass is 32.2. The maximum Gasteiger partial charge on any atom is 0.276 e. The van der Waals surface area contributed by atoms with Crippen LogP contribution in [0.4, 0.5) is 5.69 Å². The summed E-state index contributed by atoms with van der Waals surface area (Å²) in [6, 6.07) is 5.76. The number of hydrogen-bond donors (Lipinski definition) is 2. The molecule has 3 N–H and O–H groups in total. The van der Waals surface area contributed by atoms with Gasteiger partial charge in [0.1, 0.15) is 5.75 Å². The fraction of sp³-hybridized carbons (Fsp3) is 0.588. The molecule has 0 radical (unpaired) electrons. The van der Waals surface area contributed by atoms with E-state index in [9.17, 15) is 13.2 Å². The van der Waals surface area contributed by atoms with Crippen LogP contribution in [0.5, 0.6) is 5.75 Å². The molecule has 1 saturated heterocycles. The molecule has 140 valence electrons. The lowest BCUT2D eigenvalue weighted by Crippen LogP contribution is -2.44. The topological polar surface area (TPSA) is 102 Å². The molecule has 2 rings (SSSR count). The second kappa shape index (κ2) is 7.31. The molecule has 0 aliphatic carbocycles. The lowest BCUT2D eigenvalue weighted by molar-refractivity contribution is -0.120. The van der Waals surface area contributed by atoms with Crippen molar-refractivity contribution in [1.29, 1.82) is 0 Å². The van der Waals surface area contributed by atoms with E-state index in [1.54, 1.807) is 7.11 Å². The fourth-order valence-electron chi connectivity index (χ4n) is 2.88. The zero-order valence-corrected chi connectivity index (χ0v) is 16.0. The summed E-state index contributed by atoms with van der Waals surface area (Å²) in [6.07, 6.45) is 0.896. The molecular formula is C17H27N3O4S. The number of piperidine rings is 1. The first-order valence-electron chi connectivity index (χ1n) is 8.29. The molecular weight excluding hydrogens is 342 g/mol. The Morgan fingerprint density at radius 3 is 2.36 bits per heavy atom. The molecule has 8 heteroatoms. The number of carbonyl (C=O) groups is 1. The van der Waals surface area contributed by atoms with Crippen molar-refractivity contribution in [2.75, 3.05) is 25.5 Å². The number of benzene rings is 1. The van der Waals surface area contributed by atoms with Crippen molar-refractivity contribution in [3.05, 3.63) is 23.8 Å². The quantitative estimate of drug-likeness (QED) is 0.845. The number of carbonyl (C=O) groups excluding carboxylic acids is 1. The molecule has 1 amide bonds. The number of ether oxygens (including phenoxy) is 1. The van der Waals surface area contributed by atoms with Gasteiger partial charge in [-0.25, -0.2) is 5.14 Å². The number of hydrogen-bond acceptors (Lipinski definition) is 4.